The summed E-state index contributed by atoms with van der Waals surface area (Å²) in [6.45, 7) is 8.93. The van der Waals surface area contributed by atoms with Crippen molar-refractivity contribution < 1.29 is 4.52 Å². The highest BCUT2D eigenvalue weighted by atomic mass is 16.5. The van der Waals surface area contributed by atoms with E-state index in [9.17, 15) is 0 Å². The van der Waals surface area contributed by atoms with Crippen molar-refractivity contribution in [1.82, 2.24) is 10.5 Å². The van der Waals surface area contributed by atoms with Crippen LogP contribution >= 0.6 is 0 Å². The molecule has 1 rings (SSSR count). The highest BCUT2D eigenvalue weighted by Crippen LogP contribution is 2.22. The molecule has 5 heteroatoms. The molecule has 0 aliphatic carbocycles. The molecule has 5 nitrogen and oxygen atoms in total. The maximum atomic E-state index is 5.79. The Hall–Kier alpha value is -1.52. The molecule has 0 radical (unpaired) electrons. The minimum Gasteiger partial charge on any atom is -0.370 e. The minimum atomic E-state index is 0.332. The first-order chi connectivity index (χ1) is 9.10. The number of aliphatic imine (C=N–C) groups is 1. The van der Waals surface area contributed by atoms with Crippen LogP contribution in [0.5, 0.6) is 0 Å². The Morgan fingerprint density at radius 2 is 2.05 bits per heavy atom. The van der Waals surface area contributed by atoms with Gasteiger partial charge in [-0.25, -0.2) is 4.99 Å². The first kappa shape index (κ1) is 15.5. The number of hydrogen-bond donors (Lipinski definition) is 2. The summed E-state index contributed by atoms with van der Waals surface area (Å²) in [5, 5.41) is 7.23. The lowest BCUT2D eigenvalue weighted by atomic mass is 9.99. The number of guanidine groups is 1. The zero-order chi connectivity index (χ0) is 14.3. The van der Waals surface area contributed by atoms with Crippen LogP contribution in [0.15, 0.2) is 15.6 Å². The number of nitrogens with one attached hydrogen (secondary N) is 1. The van der Waals surface area contributed by atoms with Gasteiger partial charge in [0.15, 0.2) is 11.7 Å². The Balaban J connectivity index is 2.56. The van der Waals surface area contributed by atoms with Crippen LogP contribution in [0.3, 0.4) is 0 Å². The summed E-state index contributed by atoms with van der Waals surface area (Å²) in [6.07, 6.45) is 3.16. The van der Waals surface area contributed by atoms with E-state index >= 15 is 0 Å². The van der Waals surface area contributed by atoms with Crippen LogP contribution in [0.4, 0.5) is 0 Å². The predicted octanol–water partition coefficient (Wildman–Crippen LogP) is 2.78. The van der Waals surface area contributed by atoms with Crippen LogP contribution in [0.2, 0.25) is 0 Å². The fraction of sp³-hybridized carbons (Fsp3) is 0.714. The van der Waals surface area contributed by atoms with E-state index in [-0.39, 0.29) is 0 Å². The summed E-state index contributed by atoms with van der Waals surface area (Å²) < 4.78 is 5.29. The number of nitrogens with zero attached hydrogens (tertiary/aromatic N) is 2. The van der Waals surface area contributed by atoms with E-state index < -0.39 is 0 Å². The van der Waals surface area contributed by atoms with Gasteiger partial charge < -0.3 is 15.6 Å². The molecule has 108 valence electrons. The number of aromatic nitrogens is 1. The average Bonchev–Trinajstić information content (AvgIpc) is 2.86. The fourth-order valence-electron chi connectivity index (χ4n) is 1.87. The smallest absolute Gasteiger partial charge is 0.189 e. The van der Waals surface area contributed by atoms with Crippen LogP contribution in [0.1, 0.15) is 64.3 Å². The van der Waals surface area contributed by atoms with Gasteiger partial charge in [0, 0.05) is 18.0 Å². The third-order valence-corrected chi connectivity index (χ3v) is 3.39. The lowest BCUT2D eigenvalue weighted by Gasteiger charge is -2.11. The molecule has 3 N–H and O–H groups in total. The minimum absolute atomic E-state index is 0.332. The second kappa shape index (κ2) is 7.81. The summed E-state index contributed by atoms with van der Waals surface area (Å²) in [4.78, 5) is 4.26. The summed E-state index contributed by atoms with van der Waals surface area (Å²) in [6, 6.07) is 2.32. The number of rotatable bonds is 7. The van der Waals surface area contributed by atoms with Crippen LogP contribution in [-0.4, -0.2) is 17.2 Å². The molecule has 0 fully saturated rings. The Labute approximate surface area is 115 Å². The van der Waals surface area contributed by atoms with Crippen molar-refractivity contribution in [3.8, 4) is 0 Å². The average molecular weight is 266 g/mol. The SMILES string of the molecule is CCC(C)NC(N)=NCc1cc(C(CC)CC)no1. The highest BCUT2D eigenvalue weighted by molar-refractivity contribution is 5.78. The monoisotopic (exact) mass is 266 g/mol. The molecule has 0 aliphatic heterocycles. The molecule has 19 heavy (non-hydrogen) atoms. The van der Waals surface area contributed by atoms with Gasteiger partial charge in [-0.2, -0.15) is 0 Å². The topological polar surface area (TPSA) is 76.4 Å². The molecule has 1 aromatic heterocycles. The Morgan fingerprint density at radius 1 is 1.37 bits per heavy atom. The summed E-state index contributed by atoms with van der Waals surface area (Å²) in [5.74, 6) is 1.68. The molecule has 0 amide bonds. The Kier molecular flexibility index (Phi) is 6.39. The first-order valence-electron chi connectivity index (χ1n) is 7.12. The molecular formula is C14H26N4O. The maximum absolute atomic E-state index is 5.79. The van der Waals surface area contributed by atoms with Crippen molar-refractivity contribution in [2.45, 2.75) is 65.5 Å². The van der Waals surface area contributed by atoms with Crippen molar-refractivity contribution in [2.24, 2.45) is 10.7 Å². The lowest BCUT2D eigenvalue weighted by Crippen LogP contribution is -2.38. The van der Waals surface area contributed by atoms with Gasteiger partial charge in [0.1, 0.15) is 6.54 Å². The molecule has 0 bridgehead atoms. The normalized spacial score (nSPS) is 13.8. The highest BCUT2D eigenvalue weighted by Gasteiger charge is 2.12. The van der Waals surface area contributed by atoms with Gasteiger partial charge in [0.25, 0.3) is 0 Å². The Morgan fingerprint density at radius 3 is 2.63 bits per heavy atom. The largest absolute Gasteiger partial charge is 0.370 e. The van der Waals surface area contributed by atoms with Gasteiger partial charge in [0.2, 0.25) is 0 Å². The van der Waals surface area contributed by atoms with E-state index in [1.165, 1.54) is 0 Å². The number of hydrogen-bond acceptors (Lipinski definition) is 3. The molecule has 1 unspecified atom stereocenters. The molecule has 1 atom stereocenters. The van der Waals surface area contributed by atoms with Crippen molar-refractivity contribution in [1.29, 1.82) is 0 Å². The molecular weight excluding hydrogens is 240 g/mol. The molecule has 0 saturated carbocycles. The van der Waals surface area contributed by atoms with Crippen molar-refractivity contribution in [2.75, 3.05) is 0 Å². The third kappa shape index (κ3) is 4.93. The van der Waals surface area contributed by atoms with Crippen LogP contribution in [0, 0.1) is 0 Å². The third-order valence-electron chi connectivity index (χ3n) is 3.39. The zero-order valence-electron chi connectivity index (χ0n) is 12.4. The second-order valence-corrected chi connectivity index (χ2v) is 4.89. The van der Waals surface area contributed by atoms with E-state index in [1.54, 1.807) is 0 Å². The van der Waals surface area contributed by atoms with Gasteiger partial charge in [-0.05, 0) is 26.2 Å². The van der Waals surface area contributed by atoms with E-state index in [4.69, 9.17) is 10.3 Å². The fourth-order valence-corrected chi connectivity index (χ4v) is 1.87. The van der Waals surface area contributed by atoms with Gasteiger partial charge in [-0.15, -0.1) is 0 Å². The Bertz CT molecular complexity index is 396. The van der Waals surface area contributed by atoms with E-state index in [2.05, 4.69) is 43.2 Å². The molecule has 0 saturated heterocycles. The molecule has 0 aliphatic rings. The van der Waals surface area contributed by atoms with Crippen LogP contribution in [0.25, 0.3) is 0 Å². The standard InChI is InChI=1S/C14H26N4O/c1-5-10(4)17-14(15)16-9-12-8-13(18-19-12)11(6-2)7-3/h8,10-11H,5-7,9H2,1-4H3,(H3,15,16,17). The van der Waals surface area contributed by atoms with Crippen molar-refractivity contribution in [3.63, 3.8) is 0 Å². The quantitative estimate of drug-likeness (QED) is 0.587. The summed E-state index contributed by atoms with van der Waals surface area (Å²) >= 11 is 0. The second-order valence-electron chi connectivity index (χ2n) is 4.89. The van der Waals surface area contributed by atoms with E-state index in [1.807, 2.05) is 6.07 Å². The van der Waals surface area contributed by atoms with Crippen LogP contribution in [-0.2, 0) is 6.54 Å². The summed E-state index contributed by atoms with van der Waals surface area (Å²) in [5.41, 5.74) is 6.81. The maximum Gasteiger partial charge on any atom is 0.189 e. The molecule has 0 aromatic carbocycles. The van der Waals surface area contributed by atoms with Crippen molar-refractivity contribution >= 4 is 5.96 Å². The molecule has 1 aromatic rings. The summed E-state index contributed by atoms with van der Waals surface area (Å²) in [7, 11) is 0. The van der Waals surface area contributed by atoms with Gasteiger partial charge in [-0.1, -0.05) is 25.9 Å². The predicted molar refractivity (Wildman–Crippen MR) is 78.0 cm³/mol. The van der Waals surface area contributed by atoms with Crippen LogP contribution < -0.4 is 11.1 Å². The lowest BCUT2D eigenvalue weighted by molar-refractivity contribution is 0.372. The van der Waals surface area contributed by atoms with E-state index in [0.717, 1.165) is 30.7 Å². The van der Waals surface area contributed by atoms with E-state index in [0.29, 0.717) is 24.5 Å². The molecule has 1 heterocycles. The first-order valence-corrected chi connectivity index (χ1v) is 7.12. The van der Waals surface area contributed by atoms with Crippen molar-refractivity contribution in [3.05, 3.63) is 17.5 Å². The zero-order valence-corrected chi connectivity index (χ0v) is 12.4. The van der Waals surface area contributed by atoms with Gasteiger partial charge in [-0.3, -0.25) is 0 Å². The number of nitrogens with two attached hydrogens (primary N) is 1. The van der Waals surface area contributed by atoms with Gasteiger partial charge in [0.05, 0.1) is 5.69 Å². The van der Waals surface area contributed by atoms with Gasteiger partial charge >= 0.3 is 0 Å². The molecule has 0 spiro atoms.